The molecule has 0 aromatic heterocycles. The maximum Gasteiger partial charge on any atom is 0.166 e. The Morgan fingerprint density at radius 3 is 2.48 bits per heavy atom. The third-order valence-electron chi connectivity index (χ3n) is 5.93. The molecule has 0 radical (unpaired) electrons. The number of benzene rings is 2. The van der Waals surface area contributed by atoms with Gasteiger partial charge in [0, 0.05) is 36.2 Å². The molecule has 27 heavy (non-hydrogen) atoms. The zero-order chi connectivity index (χ0) is 18.8. The van der Waals surface area contributed by atoms with Gasteiger partial charge in [-0.05, 0) is 50.3 Å². The van der Waals surface area contributed by atoms with Gasteiger partial charge in [0.2, 0.25) is 0 Å². The Hall–Kier alpha value is -2.20. The third kappa shape index (κ3) is 3.91. The second-order valence-electron chi connectivity index (χ2n) is 7.68. The number of ketones is 1. The predicted octanol–water partition coefficient (Wildman–Crippen LogP) is 4.85. The van der Waals surface area contributed by atoms with Crippen LogP contribution in [0, 0.1) is 11.7 Å². The van der Waals surface area contributed by atoms with Crippen molar-refractivity contribution in [1.82, 2.24) is 4.90 Å². The summed E-state index contributed by atoms with van der Waals surface area (Å²) in [5.74, 6) is 0.0663. The summed E-state index contributed by atoms with van der Waals surface area (Å²) in [7, 11) is 0. The lowest BCUT2D eigenvalue weighted by atomic mass is 9.84. The smallest absolute Gasteiger partial charge is 0.166 e. The van der Waals surface area contributed by atoms with Crippen molar-refractivity contribution in [2.45, 2.75) is 51.2 Å². The first-order chi connectivity index (χ1) is 13.1. The van der Waals surface area contributed by atoms with Crippen molar-refractivity contribution in [1.29, 1.82) is 0 Å². The zero-order valence-electron chi connectivity index (χ0n) is 15.7. The number of carbonyl (C=O) groups is 1. The van der Waals surface area contributed by atoms with Crippen LogP contribution in [0.3, 0.4) is 0 Å². The number of hydrogen-bond donors (Lipinski definition) is 0. The topological polar surface area (TPSA) is 29.5 Å². The molecule has 4 rings (SSSR count). The van der Waals surface area contributed by atoms with Crippen LogP contribution >= 0.6 is 0 Å². The highest BCUT2D eigenvalue weighted by molar-refractivity contribution is 5.98. The van der Waals surface area contributed by atoms with Crippen molar-refractivity contribution in [2.75, 3.05) is 6.61 Å². The Bertz CT molecular complexity index is 793. The van der Waals surface area contributed by atoms with Crippen LogP contribution in [0.25, 0.3) is 0 Å². The highest BCUT2D eigenvalue weighted by Crippen LogP contribution is 2.41. The van der Waals surface area contributed by atoms with Crippen LogP contribution in [0.2, 0.25) is 0 Å². The van der Waals surface area contributed by atoms with E-state index in [1.807, 2.05) is 13.0 Å². The van der Waals surface area contributed by atoms with Crippen LogP contribution < -0.4 is 4.74 Å². The van der Waals surface area contributed by atoms with Crippen LogP contribution in [0.15, 0.2) is 48.5 Å². The van der Waals surface area contributed by atoms with Crippen LogP contribution in [-0.2, 0) is 6.54 Å². The van der Waals surface area contributed by atoms with Crippen LogP contribution in [0.1, 0.15) is 48.5 Å². The summed E-state index contributed by atoms with van der Waals surface area (Å²) < 4.78 is 19.3. The number of piperidine rings is 1. The molecule has 0 spiro atoms. The van der Waals surface area contributed by atoms with E-state index in [4.69, 9.17) is 4.74 Å². The molecule has 0 saturated carbocycles. The first-order valence-electron chi connectivity index (χ1n) is 9.91. The summed E-state index contributed by atoms with van der Waals surface area (Å²) in [6.45, 7) is 3.26. The van der Waals surface area contributed by atoms with Crippen molar-refractivity contribution < 1.29 is 13.9 Å². The number of rotatable bonds is 6. The van der Waals surface area contributed by atoms with Crippen molar-refractivity contribution in [3.8, 4) is 5.75 Å². The summed E-state index contributed by atoms with van der Waals surface area (Å²) in [6.07, 6.45) is 4.02. The normalized spacial score (nSPS) is 24.7. The lowest BCUT2D eigenvalue weighted by molar-refractivity contribution is 0.0677. The Morgan fingerprint density at radius 2 is 1.81 bits per heavy atom. The van der Waals surface area contributed by atoms with Gasteiger partial charge in [-0.25, -0.2) is 4.39 Å². The number of hydrogen-bond acceptors (Lipinski definition) is 3. The van der Waals surface area contributed by atoms with Gasteiger partial charge in [0.25, 0.3) is 0 Å². The molecule has 2 aromatic rings. The summed E-state index contributed by atoms with van der Waals surface area (Å²) in [5, 5.41) is 0. The van der Waals surface area contributed by atoms with Gasteiger partial charge < -0.3 is 4.74 Å². The molecule has 2 atom stereocenters. The standard InChI is InChI=1S/C23H26FNO2/c1-2-27-22-13-17(10-19(24)14-22)23(26)18-11-20-8-9-21(12-18)25(20)15-16-6-4-3-5-7-16/h3-7,10,13-14,18,20-21H,2,8-9,11-12,15H2,1H3. The largest absolute Gasteiger partial charge is 0.494 e. The molecular weight excluding hydrogens is 341 g/mol. The number of halogens is 1. The van der Waals surface area contributed by atoms with Gasteiger partial charge >= 0.3 is 0 Å². The highest BCUT2D eigenvalue weighted by Gasteiger charge is 2.42. The minimum atomic E-state index is -0.409. The average Bonchev–Trinajstić information content (AvgIpc) is 2.89. The Labute approximate surface area is 160 Å². The molecule has 2 aliphatic rings. The number of carbonyl (C=O) groups excluding carboxylic acids is 1. The molecule has 142 valence electrons. The zero-order valence-corrected chi connectivity index (χ0v) is 15.7. The molecule has 2 aromatic carbocycles. The molecule has 2 aliphatic heterocycles. The van der Waals surface area contributed by atoms with E-state index < -0.39 is 5.82 Å². The maximum atomic E-state index is 13.9. The van der Waals surface area contributed by atoms with Crippen molar-refractivity contribution >= 4 is 5.78 Å². The number of nitrogens with zero attached hydrogens (tertiary/aromatic N) is 1. The minimum Gasteiger partial charge on any atom is -0.494 e. The van der Waals surface area contributed by atoms with E-state index in [9.17, 15) is 9.18 Å². The monoisotopic (exact) mass is 367 g/mol. The molecule has 0 amide bonds. The van der Waals surface area contributed by atoms with Crippen molar-refractivity contribution in [3.05, 3.63) is 65.5 Å². The van der Waals surface area contributed by atoms with E-state index in [1.165, 1.54) is 17.7 Å². The van der Waals surface area contributed by atoms with Gasteiger partial charge in [-0.3, -0.25) is 9.69 Å². The first kappa shape index (κ1) is 18.2. The molecule has 4 heteroatoms. The van der Waals surface area contributed by atoms with Crippen LogP contribution in [0.5, 0.6) is 5.75 Å². The molecule has 2 saturated heterocycles. The molecule has 2 unspecified atom stereocenters. The fraction of sp³-hybridized carbons (Fsp3) is 0.435. The van der Waals surface area contributed by atoms with Gasteiger partial charge in [0.1, 0.15) is 11.6 Å². The second-order valence-corrected chi connectivity index (χ2v) is 7.68. The quantitative estimate of drug-likeness (QED) is 0.684. The first-order valence-corrected chi connectivity index (χ1v) is 9.91. The summed E-state index contributed by atoms with van der Waals surface area (Å²) in [4.78, 5) is 15.6. The van der Waals surface area contributed by atoms with E-state index in [2.05, 4.69) is 29.2 Å². The fourth-order valence-corrected chi connectivity index (χ4v) is 4.73. The Kier molecular flexibility index (Phi) is 5.26. The fourth-order valence-electron chi connectivity index (χ4n) is 4.73. The predicted molar refractivity (Wildman–Crippen MR) is 103 cm³/mol. The van der Waals surface area contributed by atoms with Crippen molar-refractivity contribution in [2.24, 2.45) is 5.92 Å². The van der Waals surface area contributed by atoms with Crippen molar-refractivity contribution in [3.63, 3.8) is 0 Å². The molecule has 2 bridgehead atoms. The van der Waals surface area contributed by atoms with E-state index in [1.54, 1.807) is 6.07 Å². The summed E-state index contributed by atoms with van der Waals surface area (Å²) in [5.41, 5.74) is 1.77. The SMILES string of the molecule is CCOc1cc(F)cc(C(=O)C2CC3CCC(C2)N3Cc2ccccc2)c1. The summed E-state index contributed by atoms with van der Waals surface area (Å²) >= 11 is 0. The van der Waals surface area contributed by atoms with E-state index in [0.29, 0.717) is 30.0 Å². The highest BCUT2D eigenvalue weighted by atomic mass is 19.1. The molecular formula is C23H26FNO2. The number of fused-ring (bicyclic) bond motifs is 2. The molecule has 3 nitrogen and oxygen atoms in total. The van der Waals surface area contributed by atoms with Gasteiger partial charge in [-0.15, -0.1) is 0 Å². The summed E-state index contributed by atoms with van der Waals surface area (Å²) in [6, 6.07) is 15.8. The Balaban J connectivity index is 1.47. The number of Topliss-reactive ketones (excluding diaryl/α,β-unsaturated/α-hetero) is 1. The second kappa shape index (κ2) is 7.81. The van der Waals surface area contributed by atoms with Gasteiger partial charge in [-0.2, -0.15) is 0 Å². The van der Waals surface area contributed by atoms with Crippen LogP contribution in [-0.4, -0.2) is 29.4 Å². The van der Waals surface area contributed by atoms with Gasteiger partial charge in [-0.1, -0.05) is 30.3 Å². The van der Waals surface area contributed by atoms with E-state index in [-0.39, 0.29) is 11.7 Å². The van der Waals surface area contributed by atoms with Gasteiger partial charge in [0.15, 0.2) is 5.78 Å². The Morgan fingerprint density at radius 1 is 1.11 bits per heavy atom. The molecule has 0 N–H and O–H groups in total. The maximum absolute atomic E-state index is 13.9. The lowest BCUT2D eigenvalue weighted by Gasteiger charge is -2.38. The average molecular weight is 367 g/mol. The van der Waals surface area contributed by atoms with E-state index >= 15 is 0 Å². The molecule has 2 fully saturated rings. The van der Waals surface area contributed by atoms with E-state index in [0.717, 1.165) is 32.2 Å². The van der Waals surface area contributed by atoms with Crippen LogP contribution in [0.4, 0.5) is 4.39 Å². The van der Waals surface area contributed by atoms with Gasteiger partial charge in [0.05, 0.1) is 6.61 Å². The molecule has 2 heterocycles. The molecule has 0 aliphatic carbocycles. The number of ether oxygens (including phenoxy) is 1. The lowest BCUT2D eigenvalue weighted by Crippen LogP contribution is -2.44. The minimum absolute atomic E-state index is 0.0224. The third-order valence-corrected chi connectivity index (χ3v) is 5.93.